The van der Waals surface area contributed by atoms with E-state index in [1.807, 2.05) is 19.1 Å². The highest BCUT2D eigenvalue weighted by molar-refractivity contribution is 6.30. The summed E-state index contributed by atoms with van der Waals surface area (Å²) < 4.78 is 19.0. The highest BCUT2D eigenvalue weighted by Crippen LogP contribution is 2.29. The Labute approximate surface area is 122 Å². The lowest BCUT2D eigenvalue weighted by atomic mass is 9.99. The molecule has 0 saturated carbocycles. The summed E-state index contributed by atoms with van der Waals surface area (Å²) in [4.78, 5) is 0. The third-order valence-electron chi connectivity index (χ3n) is 3.17. The third-order valence-corrected chi connectivity index (χ3v) is 3.41. The summed E-state index contributed by atoms with van der Waals surface area (Å²) in [5.74, 6) is 0.181. The second kappa shape index (κ2) is 6.25. The predicted octanol–water partition coefficient (Wildman–Crippen LogP) is 4.07. The Morgan fingerprint density at radius 1 is 1.25 bits per heavy atom. The van der Waals surface area contributed by atoms with E-state index in [1.54, 1.807) is 25.3 Å². The first-order valence-corrected chi connectivity index (χ1v) is 6.65. The summed E-state index contributed by atoms with van der Waals surface area (Å²) in [7, 11) is 1.55. The molecule has 0 heterocycles. The molecule has 0 aliphatic rings. The molecule has 1 N–H and O–H groups in total. The van der Waals surface area contributed by atoms with Crippen LogP contribution in [0.1, 0.15) is 22.8 Å². The number of aliphatic hydroxyl groups is 1. The van der Waals surface area contributed by atoms with Crippen molar-refractivity contribution >= 4 is 11.6 Å². The van der Waals surface area contributed by atoms with Crippen molar-refractivity contribution in [3.05, 3.63) is 63.9 Å². The average molecular weight is 295 g/mol. The molecule has 0 aliphatic heterocycles. The molecule has 2 aromatic rings. The first kappa shape index (κ1) is 14.8. The van der Waals surface area contributed by atoms with Crippen molar-refractivity contribution in [3.8, 4) is 5.75 Å². The number of rotatable bonds is 4. The van der Waals surface area contributed by atoms with Crippen molar-refractivity contribution in [1.82, 2.24) is 0 Å². The molecule has 0 aliphatic carbocycles. The molecule has 0 amide bonds. The summed E-state index contributed by atoms with van der Waals surface area (Å²) in [5.41, 5.74) is 2.09. The minimum absolute atomic E-state index is 0.169. The van der Waals surface area contributed by atoms with Crippen molar-refractivity contribution in [2.75, 3.05) is 7.11 Å². The van der Waals surface area contributed by atoms with Gasteiger partial charge in [0.1, 0.15) is 11.6 Å². The summed E-state index contributed by atoms with van der Waals surface area (Å²) >= 11 is 5.72. The average Bonchev–Trinajstić information content (AvgIpc) is 2.41. The molecule has 106 valence electrons. The topological polar surface area (TPSA) is 29.5 Å². The number of aryl methyl sites for hydroxylation is 1. The Bertz CT molecular complexity index is 613. The van der Waals surface area contributed by atoms with E-state index in [4.69, 9.17) is 16.3 Å². The van der Waals surface area contributed by atoms with Crippen molar-refractivity contribution in [2.45, 2.75) is 19.4 Å². The first-order valence-electron chi connectivity index (χ1n) is 6.28. The van der Waals surface area contributed by atoms with Crippen LogP contribution in [-0.4, -0.2) is 12.2 Å². The molecule has 2 aromatic carbocycles. The quantitative estimate of drug-likeness (QED) is 0.921. The van der Waals surface area contributed by atoms with Crippen molar-refractivity contribution in [2.24, 2.45) is 0 Å². The van der Waals surface area contributed by atoms with Gasteiger partial charge in [0.15, 0.2) is 0 Å². The Kier molecular flexibility index (Phi) is 4.63. The van der Waals surface area contributed by atoms with Gasteiger partial charge in [-0.2, -0.15) is 0 Å². The molecule has 0 saturated heterocycles. The van der Waals surface area contributed by atoms with E-state index in [2.05, 4.69) is 0 Å². The number of halogens is 2. The summed E-state index contributed by atoms with van der Waals surface area (Å²) in [6, 6.07) is 9.99. The minimum Gasteiger partial charge on any atom is -0.496 e. The molecular formula is C16H16ClFO2. The van der Waals surface area contributed by atoms with Crippen LogP contribution in [-0.2, 0) is 6.42 Å². The van der Waals surface area contributed by atoms with Gasteiger partial charge in [-0.3, -0.25) is 0 Å². The lowest BCUT2D eigenvalue weighted by Crippen LogP contribution is -2.06. The van der Waals surface area contributed by atoms with E-state index in [-0.39, 0.29) is 6.42 Å². The van der Waals surface area contributed by atoms with Crippen LogP contribution in [0.3, 0.4) is 0 Å². The van der Waals surface area contributed by atoms with Gasteiger partial charge in [-0.05, 0) is 36.8 Å². The molecule has 1 atom stereocenters. The molecule has 2 rings (SSSR count). The van der Waals surface area contributed by atoms with Crippen molar-refractivity contribution in [1.29, 1.82) is 0 Å². The monoisotopic (exact) mass is 294 g/mol. The zero-order valence-electron chi connectivity index (χ0n) is 11.4. The molecule has 2 nitrogen and oxygen atoms in total. The van der Waals surface area contributed by atoms with Crippen LogP contribution < -0.4 is 4.74 Å². The number of benzene rings is 2. The molecule has 0 radical (unpaired) electrons. The zero-order chi connectivity index (χ0) is 14.7. The number of hydrogen-bond donors (Lipinski definition) is 1. The molecule has 0 spiro atoms. The highest BCUT2D eigenvalue weighted by Gasteiger charge is 2.16. The maximum absolute atomic E-state index is 13.8. The van der Waals surface area contributed by atoms with Gasteiger partial charge in [0.2, 0.25) is 0 Å². The number of hydrogen-bond acceptors (Lipinski definition) is 2. The highest BCUT2D eigenvalue weighted by atomic mass is 35.5. The second-order valence-electron chi connectivity index (χ2n) is 4.70. The minimum atomic E-state index is -0.833. The maximum Gasteiger partial charge on any atom is 0.127 e. The van der Waals surface area contributed by atoms with Gasteiger partial charge < -0.3 is 9.84 Å². The van der Waals surface area contributed by atoms with Gasteiger partial charge in [-0.1, -0.05) is 29.3 Å². The van der Waals surface area contributed by atoms with Gasteiger partial charge in [0.25, 0.3) is 0 Å². The zero-order valence-corrected chi connectivity index (χ0v) is 12.1. The van der Waals surface area contributed by atoms with Crippen LogP contribution in [0, 0.1) is 12.7 Å². The Balaban J connectivity index is 2.27. The van der Waals surface area contributed by atoms with Crippen molar-refractivity contribution in [3.63, 3.8) is 0 Å². The standard InChI is InChI=1S/C16H16ClFO2/c1-10-3-6-16(20-2)13(7-10)15(19)8-11-4-5-12(17)9-14(11)18/h3-7,9,15,19H,8H2,1-2H3. The smallest absolute Gasteiger partial charge is 0.127 e. The SMILES string of the molecule is COc1ccc(C)cc1C(O)Cc1ccc(Cl)cc1F. The van der Waals surface area contributed by atoms with Gasteiger partial charge in [0, 0.05) is 17.0 Å². The largest absolute Gasteiger partial charge is 0.496 e. The van der Waals surface area contributed by atoms with E-state index in [0.29, 0.717) is 21.9 Å². The Morgan fingerprint density at radius 2 is 2.00 bits per heavy atom. The molecule has 4 heteroatoms. The number of aliphatic hydroxyl groups excluding tert-OH is 1. The van der Waals surface area contributed by atoms with Crippen LogP contribution in [0.2, 0.25) is 5.02 Å². The normalized spacial score (nSPS) is 12.2. The van der Waals surface area contributed by atoms with E-state index >= 15 is 0 Å². The fourth-order valence-electron chi connectivity index (χ4n) is 2.12. The molecule has 0 fully saturated rings. The second-order valence-corrected chi connectivity index (χ2v) is 5.14. The summed E-state index contributed by atoms with van der Waals surface area (Å²) in [5, 5.41) is 10.7. The van der Waals surface area contributed by atoms with E-state index in [0.717, 1.165) is 5.56 Å². The van der Waals surface area contributed by atoms with E-state index < -0.39 is 11.9 Å². The lowest BCUT2D eigenvalue weighted by Gasteiger charge is -2.16. The van der Waals surface area contributed by atoms with Crippen LogP contribution in [0.5, 0.6) is 5.75 Å². The fraction of sp³-hybridized carbons (Fsp3) is 0.250. The summed E-state index contributed by atoms with van der Waals surface area (Å²) in [6.07, 6.45) is -0.663. The van der Waals surface area contributed by atoms with Gasteiger partial charge >= 0.3 is 0 Å². The maximum atomic E-state index is 13.8. The molecule has 0 aromatic heterocycles. The van der Waals surface area contributed by atoms with Crippen molar-refractivity contribution < 1.29 is 14.2 Å². The molecule has 0 bridgehead atoms. The van der Waals surface area contributed by atoms with Gasteiger partial charge in [0.05, 0.1) is 13.2 Å². The van der Waals surface area contributed by atoms with E-state index in [9.17, 15) is 9.50 Å². The number of methoxy groups -OCH3 is 1. The van der Waals surface area contributed by atoms with Crippen LogP contribution in [0.25, 0.3) is 0 Å². The fourth-order valence-corrected chi connectivity index (χ4v) is 2.28. The van der Waals surface area contributed by atoms with Gasteiger partial charge in [-0.25, -0.2) is 4.39 Å². The van der Waals surface area contributed by atoms with E-state index in [1.165, 1.54) is 6.07 Å². The predicted molar refractivity (Wildman–Crippen MR) is 77.8 cm³/mol. The van der Waals surface area contributed by atoms with Crippen LogP contribution in [0.4, 0.5) is 4.39 Å². The lowest BCUT2D eigenvalue weighted by molar-refractivity contribution is 0.172. The number of ether oxygens (including phenoxy) is 1. The molecule has 20 heavy (non-hydrogen) atoms. The van der Waals surface area contributed by atoms with Crippen LogP contribution in [0.15, 0.2) is 36.4 Å². The third kappa shape index (κ3) is 3.30. The Hall–Kier alpha value is -1.58. The molecule has 1 unspecified atom stereocenters. The molecular weight excluding hydrogens is 279 g/mol. The van der Waals surface area contributed by atoms with Crippen LogP contribution >= 0.6 is 11.6 Å². The van der Waals surface area contributed by atoms with Gasteiger partial charge in [-0.15, -0.1) is 0 Å². The Morgan fingerprint density at radius 3 is 2.65 bits per heavy atom. The summed E-state index contributed by atoms with van der Waals surface area (Å²) in [6.45, 7) is 1.93. The first-order chi connectivity index (χ1) is 9.51.